The minimum Gasteiger partial charge on any atom is -0.310 e. The predicted molar refractivity (Wildman–Crippen MR) is 91.9 cm³/mol. The molecule has 18 heavy (non-hydrogen) atoms. The summed E-state index contributed by atoms with van der Waals surface area (Å²) in [5.41, 5.74) is 2.64. The van der Waals surface area contributed by atoms with Crippen LogP contribution in [-0.2, 0) is 0 Å². The number of benzene rings is 1. The summed E-state index contributed by atoms with van der Waals surface area (Å²) < 4.78 is 2.47. The first kappa shape index (κ1) is 16.2. The first-order valence-corrected chi connectivity index (χ1v) is 8.24. The van der Waals surface area contributed by atoms with Gasteiger partial charge in [0.2, 0.25) is 0 Å². The third-order valence-corrected chi connectivity index (χ3v) is 4.31. The summed E-state index contributed by atoms with van der Waals surface area (Å²) in [6.07, 6.45) is 3.35. The van der Waals surface area contributed by atoms with Gasteiger partial charge in [-0.2, -0.15) is 0 Å². The Morgan fingerprint density at radius 3 is 2.83 bits per heavy atom. The Kier molecular flexibility index (Phi) is 7.49. The average Bonchev–Trinajstić information content (AvgIpc) is 2.32. The van der Waals surface area contributed by atoms with E-state index in [4.69, 9.17) is 0 Å². The highest BCUT2D eigenvalue weighted by Gasteiger charge is 2.14. The Balaban J connectivity index is 2.85. The van der Waals surface area contributed by atoms with Gasteiger partial charge >= 0.3 is 0 Å². The van der Waals surface area contributed by atoms with Gasteiger partial charge in [-0.3, -0.25) is 0 Å². The zero-order chi connectivity index (χ0) is 13.5. The minimum absolute atomic E-state index is 0.422. The van der Waals surface area contributed by atoms with E-state index in [1.165, 1.54) is 14.7 Å². The quantitative estimate of drug-likeness (QED) is 0.455. The van der Waals surface area contributed by atoms with Crippen LogP contribution >= 0.6 is 38.5 Å². The van der Waals surface area contributed by atoms with E-state index in [2.05, 4.69) is 82.5 Å². The molecule has 0 bridgehead atoms. The summed E-state index contributed by atoms with van der Waals surface area (Å²) >= 11 is 5.98. The monoisotopic (exact) mass is 421 g/mol. The van der Waals surface area contributed by atoms with Gasteiger partial charge in [0.15, 0.2) is 0 Å². The summed E-state index contributed by atoms with van der Waals surface area (Å²) in [5, 5.41) is 3.64. The van der Waals surface area contributed by atoms with Gasteiger partial charge in [-0.15, -0.1) is 6.58 Å². The normalized spacial score (nSPS) is 12.4. The van der Waals surface area contributed by atoms with Crippen molar-refractivity contribution < 1.29 is 0 Å². The van der Waals surface area contributed by atoms with E-state index < -0.39 is 0 Å². The highest BCUT2D eigenvalue weighted by molar-refractivity contribution is 14.1. The maximum Gasteiger partial charge on any atom is 0.0334 e. The molecule has 1 nitrogen and oxygen atoms in total. The molecule has 0 aromatic heterocycles. The maximum absolute atomic E-state index is 4.00. The van der Waals surface area contributed by atoms with Crippen LogP contribution in [0.25, 0.3) is 0 Å². The first-order chi connectivity index (χ1) is 8.54. The van der Waals surface area contributed by atoms with E-state index in [1.54, 1.807) is 0 Å². The number of nitrogens with one attached hydrogen (secondary N) is 1. The second-order valence-corrected chi connectivity index (χ2v) is 6.75. The molecule has 3 heteroatoms. The SMILES string of the molecule is C=C(C)CCC(NCCC)c1cc(Br)ccc1I. The van der Waals surface area contributed by atoms with Crippen molar-refractivity contribution in [2.24, 2.45) is 0 Å². The summed E-state index contributed by atoms with van der Waals surface area (Å²) in [6, 6.07) is 6.92. The molecule has 0 spiro atoms. The van der Waals surface area contributed by atoms with Crippen molar-refractivity contribution in [3.05, 3.63) is 44.0 Å². The zero-order valence-corrected chi connectivity index (χ0v) is 14.8. The molecular weight excluding hydrogens is 401 g/mol. The van der Waals surface area contributed by atoms with Crippen LogP contribution in [0.1, 0.15) is 44.7 Å². The molecule has 1 aromatic rings. The van der Waals surface area contributed by atoms with Gasteiger partial charge in [-0.1, -0.05) is 28.4 Å². The fourth-order valence-electron chi connectivity index (χ4n) is 1.86. The third-order valence-electron chi connectivity index (χ3n) is 2.83. The highest BCUT2D eigenvalue weighted by Crippen LogP contribution is 2.28. The second kappa shape index (κ2) is 8.33. The van der Waals surface area contributed by atoms with E-state index in [-0.39, 0.29) is 0 Å². The van der Waals surface area contributed by atoms with Gasteiger partial charge in [0.05, 0.1) is 0 Å². The van der Waals surface area contributed by atoms with Crippen LogP contribution in [0.15, 0.2) is 34.8 Å². The van der Waals surface area contributed by atoms with E-state index in [1.807, 2.05) is 0 Å². The van der Waals surface area contributed by atoms with Gasteiger partial charge in [0.1, 0.15) is 0 Å². The van der Waals surface area contributed by atoms with Crippen LogP contribution in [0.2, 0.25) is 0 Å². The van der Waals surface area contributed by atoms with Crippen molar-refractivity contribution in [1.29, 1.82) is 0 Å². The van der Waals surface area contributed by atoms with Gasteiger partial charge < -0.3 is 5.32 Å². The van der Waals surface area contributed by atoms with Gasteiger partial charge in [0.25, 0.3) is 0 Å². The van der Waals surface area contributed by atoms with Gasteiger partial charge in [0, 0.05) is 14.1 Å². The van der Waals surface area contributed by atoms with Crippen molar-refractivity contribution in [2.45, 2.75) is 39.2 Å². The molecule has 0 amide bonds. The standard InChI is InChI=1S/C15H21BrIN/c1-4-9-18-15(8-5-11(2)3)13-10-12(16)6-7-14(13)17/h6-7,10,15,18H,2,4-5,8-9H2,1,3H3. The lowest BCUT2D eigenvalue weighted by Gasteiger charge is -2.21. The first-order valence-electron chi connectivity index (χ1n) is 6.37. The van der Waals surface area contributed by atoms with Crippen molar-refractivity contribution in [2.75, 3.05) is 6.54 Å². The molecule has 0 radical (unpaired) electrons. The largest absolute Gasteiger partial charge is 0.310 e. The fourth-order valence-corrected chi connectivity index (χ4v) is 2.95. The van der Waals surface area contributed by atoms with Crippen molar-refractivity contribution in [3.8, 4) is 0 Å². The lowest BCUT2D eigenvalue weighted by Crippen LogP contribution is -2.23. The molecule has 0 heterocycles. The molecular formula is C15H21BrIN. The van der Waals surface area contributed by atoms with Crippen LogP contribution in [-0.4, -0.2) is 6.54 Å². The predicted octanol–water partition coefficient (Wildman–Crippen LogP) is 5.45. The van der Waals surface area contributed by atoms with Crippen LogP contribution < -0.4 is 5.32 Å². The molecule has 0 aliphatic rings. The molecule has 1 unspecified atom stereocenters. The zero-order valence-electron chi connectivity index (χ0n) is 11.1. The number of halogens is 2. The van der Waals surface area contributed by atoms with E-state index in [9.17, 15) is 0 Å². The maximum atomic E-state index is 4.00. The number of hydrogen-bond donors (Lipinski definition) is 1. The lowest BCUT2D eigenvalue weighted by molar-refractivity contribution is 0.497. The molecule has 1 aromatic carbocycles. The third kappa shape index (κ3) is 5.41. The van der Waals surface area contributed by atoms with E-state index in [0.717, 1.165) is 30.3 Å². The van der Waals surface area contributed by atoms with Crippen LogP contribution in [0.3, 0.4) is 0 Å². The molecule has 0 aliphatic heterocycles. The summed E-state index contributed by atoms with van der Waals surface area (Å²) in [6.45, 7) is 9.36. The van der Waals surface area contributed by atoms with Crippen LogP contribution in [0, 0.1) is 3.57 Å². The highest BCUT2D eigenvalue weighted by atomic mass is 127. The molecule has 0 aliphatic carbocycles. The average molecular weight is 422 g/mol. The second-order valence-electron chi connectivity index (χ2n) is 4.67. The molecule has 0 saturated heterocycles. The Hall–Kier alpha value is 0.130. The van der Waals surface area contributed by atoms with Crippen molar-refractivity contribution >= 4 is 38.5 Å². The Morgan fingerprint density at radius 2 is 2.22 bits per heavy atom. The Bertz CT molecular complexity index is 403. The molecule has 1 rings (SSSR count). The van der Waals surface area contributed by atoms with E-state index >= 15 is 0 Å². The fraction of sp³-hybridized carbons (Fsp3) is 0.467. The summed E-state index contributed by atoms with van der Waals surface area (Å²) in [7, 11) is 0. The molecule has 100 valence electrons. The van der Waals surface area contributed by atoms with E-state index in [0.29, 0.717) is 6.04 Å². The number of rotatable bonds is 7. The number of allylic oxidation sites excluding steroid dienone is 1. The molecule has 0 fully saturated rings. The Morgan fingerprint density at radius 1 is 1.50 bits per heavy atom. The summed E-state index contributed by atoms with van der Waals surface area (Å²) in [5.74, 6) is 0. The summed E-state index contributed by atoms with van der Waals surface area (Å²) in [4.78, 5) is 0. The minimum atomic E-state index is 0.422. The van der Waals surface area contributed by atoms with Crippen LogP contribution in [0.4, 0.5) is 0 Å². The van der Waals surface area contributed by atoms with Gasteiger partial charge in [-0.05, 0) is 79.1 Å². The molecule has 1 N–H and O–H groups in total. The molecule has 1 atom stereocenters. The topological polar surface area (TPSA) is 12.0 Å². The number of hydrogen-bond acceptors (Lipinski definition) is 1. The van der Waals surface area contributed by atoms with Gasteiger partial charge in [-0.25, -0.2) is 0 Å². The van der Waals surface area contributed by atoms with Crippen molar-refractivity contribution in [3.63, 3.8) is 0 Å². The van der Waals surface area contributed by atoms with Crippen molar-refractivity contribution in [1.82, 2.24) is 5.32 Å². The lowest BCUT2D eigenvalue weighted by atomic mass is 10.00. The smallest absolute Gasteiger partial charge is 0.0334 e. The Labute approximate surface area is 133 Å². The van der Waals surface area contributed by atoms with Crippen LogP contribution in [0.5, 0.6) is 0 Å². The molecule has 0 saturated carbocycles.